The van der Waals surface area contributed by atoms with Gasteiger partial charge in [0.1, 0.15) is 0 Å². The molecule has 1 aromatic carbocycles. The molecule has 0 spiro atoms. The van der Waals surface area contributed by atoms with Crippen LogP contribution in [-0.2, 0) is 25.8 Å². The van der Waals surface area contributed by atoms with Crippen LogP contribution >= 0.6 is 0 Å². The summed E-state index contributed by atoms with van der Waals surface area (Å²) in [6, 6.07) is 6.32. The molecule has 180 valence electrons. The van der Waals surface area contributed by atoms with Crippen LogP contribution in [0.25, 0.3) is 0 Å². The van der Waals surface area contributed by atoms with Gasteiger partial charge in [0, 0.05) is 31.9 Å². The monoisotopic (exact) mass is 464 g/mol. The molecule has 7 heteroatoms. The molecular formula is C25H40N2O4S. The number of rotatable bonds is 5. The Balaban J connectivity index is 1.55. The summed E-state index contributed by atoms with van der Waals surface area (Å²) >= 11 is 0. The first-order chi connectivity index (χ1) is 14.9. The first kappa shape index (κ1) is 25.0. The highest BCUT2D eigenvalue weighted by Gasteiger charge is 2.33. The lowest BCUT2D eigenvalue weighted by Gasteiger charge is -2.37. The predicted molar refractivity (Wildman–Crippen MR) is 130 cm³/mol. The van der Waals surface area contributed by atoms with Gasteiger partial charge in [-0.15, -0.1) is 0 Å². The summed E-state index contributed by atoms with van der Waals surface area (Å²) in [4.78, 5) is 17.2. The van der Waals surface area contributed by atoms with E-state index in [9.17, 15) is 13.2 Å². The van der Waals surface area contributed by atoms with Crippen molar-refractivity contribution in [1.82, 2.24) is 4.90 Å². The number of hydrogen-bond donors (Lipinski definition) is 0. The maximum atomic E-state index is 12.9. The van der Waals surface area contributed by atoms with Gasteiger partial charge in [-0.1, -0.05) is 12.1 Å². The lowest BCUT2D eigenvalue weighted by molar-refractivity contribution is -0.131. The summed E-state index contributed by atoms with van der Waals surface area (Å²) in [6.07, 6.45) is 2.32. The zero-order chi connectivity index (χ0) is 23.7. The number of ether oxygens (including phenoxy) is 1. The Morgan fingerprint density at radius 1 is 1.09 bits per heavy atom. The highest BCUT2D eigenvalue weighted by atomic mass is 32.2. The number of carbonyl (C=O) groups is 1. The van der Waals surface area contributed by atoms with Crippen LogP contribution in [0.4, 0.5) is 5.69 Å². The third-order valence-corrected chi connectivity index (χ3v) is 9.51. The number of sulfone groups is 1. The third-order valence-electron chi connectivity index (χ3n) is 6.73. The minimum absolute atomic E-state index is 0.128. The number of amides is 1. The van der Waals surface area contributed by atoms with Crippen molar-refractivity contribution in [2.24, 2.45) is 5.92 Å². The van der Waals surface area contributed by atoms with Crippen LogP contribution in [-0.4, -0.2) is 68.1 Å². The van der Waals surface area contributed by atoms with Crippen LogP contribution in [0.5, 0.6) is 0 Å². The first-order valence-corrected chi connectivity index (χ1v) is 13.5. The van der Waals surface area contributed by atoms with Crippen molar-refractivity contribution < 1.29 is 17.9 Å². The highest BCUT2D eigenvalue weighted by Crippen LogP contribution is 2.27. The standard InChI is InChI=1S/C25H40N2O4S/c1-18-13-22(7-8-23(18)27-15-19(2)31-20(3)16-27)14-24(28)26-11-9-21(10-12-26)17-32(29,30)25(4,5)6/h7-8,13,19-21H,9-12,14-17H2,1-6H3/t19-,20+. The van der Waals surface area contributed by atoms with Gasteiger partial charge in [0.15, 0.2) is 9.84 Å². The Morgan fingerprint density at radius 3 is 2.22 bits per heavy atom. The molecule has 2 aliphatic rings. The van der Waals surface area contributed by atoms with Crippen molar-refractivity contribution in [3.63, 3.8) is 0 Å². The topological polar surface area (TPSA) is 66.9 Å². The zero-order valence-electron chi connectivity index (χ0n) is 20.6. The number of hydrogen-bond acceptors (Lipinski definition) is 5. The van der Waals surface area contributed by atoms with E-state index in [1.165, 1.54) is 11.3 Å². The van der Waals surface area contributed by atoms with Crippen molar-refractivity contribution in [3.05, 3.63) is 29.3 Å². The van der Waals surface area contributed by atoms with E-state index in [2.05, 4.69) is 43.9 Å². The van der Waals surface area contributed by atoms with Gasteiger partial charge in [-0.25, -0.2) is 8.42 Å². The van der Waals surface area contributed by atoms with Gasteiger partial charge in [0.2, 0.25) is 5.91 Å². The molecule has 0 aromatic heterocycles. The van der Waals surface area contributed by atoms with Gasteiger partial charge in [0.05, 0.1) is 29.1 Å². The number of likely N-dealkylation sites (tertiary alicyclic amines) is 1. The Kier molecular flexibility index (Phi) is 7.60. The summed E-state index contributed by atoms with van der Waals surface area (Å²) < 4.78 is 30.1. The van der Waals surface area contributed by atoms with E-state index in [0.717, 1.165) is 31.5 Å². The van der Waals surface area contributed by atoms with E-state index in [4.69, 9.17) is 4.74 Å². The fourth-order valence-electron chi connectivity index (χ4n) is 4.75. The molecule has 2 fully saturated rings. The summed E-state index contributed by atoms with van der Waals surface area (Å²) in [6.45, 7) is 14.6. The average Bonchev–Trinajstić information content (AvgIpc) is 2.66. The molecule has 0 aliphatic carbocycles. The molecule has 1 amide bonds. The molecule has 0 radical (unpaired) electrons. The van der Waals surface area contributed by atoms with E-state index >= 15 is 0 Å². The van der Waals surface area contributed by atoms with E-state index in [0.29, 0.717) is 19.5 Å². The fraction of sp³-hybridized carbons (Fsp3) is 0.720. The fourth-order valence-corrected chi connectivity index (χ4v) is 6.21. The maximum absolute atomic E-state index is 12.9. The van der Waals surface area contributed by atoms with E-state index in [-0.39, 0.29) is 29.8 Å². The molecule has 2 saturated heterocycles. The molecule has 32 heavy (non-hydrogen) atoms. The van der Waals surface area contributed by atoms with Crippen molar-refractivity contribution in [3.8, 4) is 0 Å². The molecule has 0 N–H and O–H groups in total. The Labute approximate surface area is 194 Å². The Hall–Kier alpha value is -1.60. The molecule has 6 nitrogen and oxygen atoms in total. The molecule has 1 aromatic rings. The van der Waals surface area contributed by atoms with Crippen molar-refractivity contribution >= 4 is 21.4 Å². The van der Waals surface area contributed by atoms with Crippen LogP contribution in [0.1, 0.15) is 58.6 Å². The van der Waals surface area contributed by atoms with Crippen molar-refractivity contribution in [2.75, 3.05) is 36.8 Å². The number of benzene rings is 1. The molecule has 2 atom stereocenters. The van der Waals surface area contributed by atoms with E-state index in [1.807, 2.05) is 4.90 Å². The van der Waals surface area contributed by atoms with Gasteiger partial charge in [0.25, 0.3) is 0 Å². The smallest absolute Gasteiger partial charge is 0.226 e. The highest BCUT2D eigenvalue weighted by molar-refractivity contribution is 7.92. The predicted octanol–water partition coefficient (Wildman–Crippen LogP) is 3.60. The number of aryl methyl sites for hydroxylation is 1. The first-order valence-electron chi connectivity index (χ1n) is 11.9. The Bertz CT molecular complexity index is 904. The van der Waals surface area contributed by atoms with Crippen LogP contribution in [0.2, 0.25) is 0 Å². The normalized spacial score (nSPS) is 23.4. The zero-order valence-corrected chi connectivity index (χ0v) is 21.4. The third kappa shape index (κ3) is 6.04. The van der Waals surface area contributed by atoms with Gasteiger partial charge in [-0.05, 0) is 77.5 Å². The van der Waals surface area contributed by atoms with Gasteiger partial charge in [-0.3, -0.25) is 4.79 Å². The lowest BCUT2D eigenvalue weighted by Crippen LogP contribution is -2.45. The average molecular weight is 465 g/mol. The number of carbonyl (C=O) groups excluding carboxylic acids is 1. The molecule has 2 heterocycles. The molecule has 0 unspecified atom stereocenters. The maximum Gasteiger partial charge on any atom is 0.226 e. The molecule has 2 aliphatic heterocycles. The van der Waals surface area contributed by atoms with E-state index < -0.39 is 14.6 Å². The second-order valence-electron chi connectivity index (χ2n) is 10.7. The second-order valence-corrected chi connectivity index (χ2v) is 13.5. The number of piperidine rings is 1. The minimum Gasteiger partial charge on any atom is -0.372 e. The summed E-state index contributed by atoms with van der Waals surface area (Å²) in [5.41, 5.74) is 3.43. The van der Waals surface area contributed by atoms with Crippen LogP contribution in [0, 0.1) is 12.8 Å². The minimum atomic E-state index is -3.12. The summed E-state index contributed by atoms with van der Waals surface area (Å²) in [5, 5.41) is 0. The van der Waals surface area contributed by atoms with Gasteiger partial charge in [-0.2, -0.15) is 0 Å². The summed E-state index contributed by atoms with van der Waals surface area (Å²) in [7, 11) is -3.12. The SMILES string of the molecule is Cc1cc(CC(=O)N2CCC(CS(=O)(=O)C(C)(C)C)CC2)ccc1N1C[C@@H](C)O[C@@H](C)C1. The van der Waals surface area contributed by atoms with Gasteiger partial charge < -0.3 is 14.5 Å². The quantitative estimate of drug-likeness (QED) is 0.666. The van der Waals surface area contributed by atoms with Crippen LogP contribution < -0.4 is 4.90 Å². The molecule has 0 bridgehead atoms. The van der Waals surface area contributed by atoms with Crippen molar-refractivity contribution in [2.45, 2.75) is 77.8 Å². The van der Waals surface area contributed by atoms with Crippen LogP contribution in [0.3, 0.4) is 0 Å². The number of anilines is 1. The number of nitrogens with zero attached hydrogens (tertiary/aromatic N) is 2. The molecule has 3 rings (SSSR count). The largest absolute Gasteiger partial charge is 0.372 e. The Morgan fingerprint density at radius 2 is 1.69 bits per heavy atom. The molecular weight excluding hydrogens is 424 g/mol. The van der Waals surface area contributed by atoms with Crippen LogP contribution in [0.15, 0.2) is 18.2 Å². The lowest BCUT2D eigenvalue weighted by atomic mass is 9.98. The van der Waals surface area contributed by atoms with Crippen molar-refractivity contribution in [1.29, 1.82) is 0 Å². The van der Waals surface area contributed by atoms with E-state index in [1.54, 1.807) is 20.8 Å². The molecule has 0 saturated carbocycles. The second kappa shape index (κ2) is 9.72. The van der Waals surface area contributed by atoms with Gasteiger partial charge >= 0.3 is 0 Å². The number of morpholine rings is 1. The summed E-state index contributed by atoms with van der Waals surface area (Å²) in [5.74, 6) is 0.490.